The minimum atomic E-state index is -4.87. The fourth-order valence-electron chi connectivity index (χ4n) is 4.14. The van der Waals surface area contributed by atoms with E-state index in [9.17, 15) is 36.6 Å². The second-order valence-electron chi connectivity index (χ2n) is 10.2. The van der Waals surface area contributed by atoms with E-state index in [2.05, 4.69) is 15.4 Å². The molecule has 0 fully saturated rings. The van der Waals surface area contributed by atoms with Crippen molar-refractivity contribution in [2.45, 2.75) is 70.3 Å². The number of pyridine rings is 1. The molecule has 1 amide bonds. The normalized spacial score (nSPS) is 13.2. The molecule has 1 unspecified atom stereocenters. The molecule has 3 aromatic rings. The number of carbonyl (C=O) groups excluding carboxylic acids is 1. The van der Waals surface area contributed by atoms with Crippen LogP contribution in [0.15, 0.2) is 41.6 Å². The lowest BCUT2D eigenvalue weighted by Gasteiger charge is -2.23. The Morgan fingerprint density at radius 1 is 1.10 bits per heavy atom. The van der Waals surface area contributed by atoms with Gasteiger partial charge in [0.05, 0.1) is 41.6 Å². The number of benzene rings is 1. The molecule has 0 saturated heterocycles. The molecule has 3 N–H and O–H groups in total. The molecule has 41 heavy (non-hydrogen) atoms. The van der Waals surface area contributed by atoms with E-state index in [4.69, 9.17) is 4.74 Å². The molecule has 0 spiro atoms. The molecule has 224 valence electrons. The van der Waals surface area contributed by atoms with E-state index >= 15 is 0 Å². The molecule has 2 aromatic heterocycles. The van der Waals surface area contributed by atoms with Crippen molar-refractivity contribution in [3.05, 3.63) is 64.6 Å². The third-order valence-electron chi connectivity index (χ3n) is 6.30. The third-order valence-corrected chi connectivity index (χ3v) is 8.05. The number of carbonyl (C=O) groups is 1. The van der Waals surface area contributed by atoms with E-state index in [0.717, 1.165) is 12.4 Å². The van der Waals surface area contributed by atoms with E-state index < -0.39 is 63.6 Å². The quantitative estimate of drug-likeness (QED) is 0.316. The number of nitrogens with one attached hydrogen (secondary N) is 1. The highest BCUT2D eigenvalue weighted by Gasteiger charge is 2.39. The van der Waals surface area contributed by atoms with Crippen molar-refractivity contribution in [3.63, 3.8) is 0 Å². The summed E-state index contributed by atoms with van der Waals surface area (Å²) in [5.74, 6) is -1.58. The zero-order valence-corrected chi connectivity index (χ0v) is 24.1. The largest absolute Gasteiger partial charge is 0.437 e. The van der Waals surface area contributed by atoms with Crippen molar-refractivity contribution in [1.82, 2.24) is 20.1 Å². The lowest BCUT2D eigenvalue weighted by atomic mass is 10.1. The first-order valence-electron chi connectivity index (χ1n) is 12.8. The van der Waals surface area contributed by atoms with Crippen LogP contribution in [0.25, 0.3) is 0 Å². The maximum absolute atomic E-state index is 13.9. The van der Waals surface area contributed by atoms with Crippen LogP contribution in [0.5, 0.6) is 11.6 Å². The third kappa shape index (κ3) is 6.88. The van der Waals surface area contributed by atoms with Crippen LogP contribution in [0.2, 0.25) is 0 Å². The molecule has 1 atom stereocenters. The number of aliphatic hydroxyl groups excluding tert-OH is 2. The molecule has 0 aliphatic rings. The average Bonchev–Trinajstić information content (AvgIpc) is 3.29. The van der Waals surface area contributed by atoms with Crippen molar-refractivity contribution < 1.29 is 41.3 Å². The number of hydrogen-bond acceptors (Lipinski definition) is 8. The number of rotatable bonds is 10. The number of nitrogens with zero attached hydrogens (tertiary/aromatic N) is 3. The van der Waals surface area contributed by atoms with E-state index in [0.29, 0.717) is 5.56 Å². The van der Waals surface area contributed by atoms with Gasteiger partial charge < -0.3 is 20.3 Å². The van der Waals surface area contributed by atoms with Crippen LogP contribution in [0, 0.1) is 0 Å². The molecule has 0 bridgehead atoms. The van der Waals surface area contributed by atoms with Crippen molar-refractivity contribution in [3.8, 4) is 11.6 Å². The van der Waals surface area contributed by atoms with Crippen molar-refractivity contribution in [2.75, 3.05) is 12.4 Å². The molecule has 0 radical (unpaired) electrons. The zero-order valence-electron chi connectivity index (χ0n) is 23.3. The molecule has 0 aliphatic carbocycles. The van der Waals surface area contributed by atoms with Crippen molar-refractivity contribution >= 4 is 15.7 Å². The van der Waals surface area contributed by atoms with Crippen LogP contribution >= 0.6 is 0 Å². The summed E-state index contributed by atoms with van der Waals surface area (Å²) in [6.45, 7) is 6.93. The van der Waals surface area contributed by atoms with Gasteiger partial charge in [0.15, 0.2) is 21.3 Å². The van der Waals surface area contributed by atoms with E-state index in [1.54, 1.807) is 27.7 Å². The van der Waals surface area contributed by atoms with Gasteiger partial charge in [-0.1, -0.05) is 26.0 Å². The Bertz CT molecular complexity index is 1500. The topological polar surface area (TPSA) is 144 Å². The second kappa shape index (κ2) is 12.2. The van der Waals surface area contributed by atoms with Gasteiger partial charge in [0.2, 0.25) is 5.88 Å². The summed E-state index contributed by atoms with van der Waals surface area (Å²) in [5, 5.41) is 26.5. The first-order chi connectivity index (χ1) is 19.1. The van der Waals surface area contributed by atoms with Crippen molar-refractivity contribution in [1.29, 1.82) is 0 Å². The average molecular weight is 599 g/mol. The Hall–Kier alpha value is -3.49. The molecule has 3 rings (SSSR count). The van der Waals surface area contributed by atoms with Gasteiger partial charge in [-0.25, -0.2) is 13.1 Å². The highest BCUT2D eigenvalue weighted by atomic mass is 32.2. The fraction of sp³-hybridized carbons (Fsp3) is 0.444. The van der Waals surface area contributed by atoms with Crippen LogP contribution in [-0.2, 0) is 34.6 Å². The summed E-state index contributed by atoms with van der Waals surface area (Å²) in [7, 11) is -3.45. The summed E-state index contributed by atoms with van der Waals surface area (Å²) in [5.41, 5.74) is -1.99. The Morgan fingerprint density at radius 2 is 1.73 bits per heavy atom. The van der Waals surface area contributed by atoms with Crippen LogP contribution in [0.4, 0.5) is 13.2 Å². The van der Waals surface area contributed by atoms with E-state index in [1.807, 2.05) is 0 Å². The molecule has 2 heterocycles. The minimum absolute atomic E-state index is 0.0854. The monoisotopic (exact) mass is 598 g/mol. The van der Waals surface area contributed by atoms with E-state index in [-0.39, 0.29) is 34.2 Å². The Balaban J connectivity index is 2.05. The Morgan fingerprint density at radius 3 is 2.22 bits per heavy atom. The SMILES string of the molecule is CCc1c(C(=O)NC(CO)c2ccc(S(=O)(=O)CC)cc2)nn(C(C)(C)C)c1Oc1cncc(CO)c1C(F)(F)F. The predicted octanol–water partition coefficient (Wildman–Crippen LogP) is 4.16. The number of amides is 1. The zero-order chi connectivity index (χ0) is 30.8. The minimum Gasteiger partial charge on any atom is -0.437 e. The summed E-state index contributed by atoms with van der Waals surface area (Å²) in [6.07, 6.45) is -2.94. The van der Waals surface area contributed by atoms with Gasteiger partial charge in [0, 0.05) is 17.3 Å². The summed E-state index contributed by atoms with van der Waals surface area (Å²) in [6, 6.07) is 4.79. The molecule has 1 aromatic carbocycles. The first-order valence-corrected chi connectivity index (χ1v) is 14.4. The molecular formula is C27H33F3N4O6S. The lowest BCUT2D eigenvalue weighted by molar-refractivity contribution is -0.139. The lowest BCUT2D eigenvalue weighted by Crippen LogP contribution is -2.32. The Labute approximate surface area is 236 Å². The van der Waals surface area contributed by atoms with Crippen LogP contribution in [0.1, 0.15) is 73.4 Å². The number of halogens is 3. The molecule has 10 nitrogen and oxygen atoms in total. The summed E-state index contributed by atoms with van der Waals surface area (Å²) < 4.78 is 73.1. The molecule has 0 aliphatic heterocycles. The highest BCUT2D eigenvalue weighted by Crippen LogP contribution is 2.42. The van der Waals surface area contributed by atoms with Gasteiger partial charge in [-0.3, -0.25) is 9.78 Å². The maximum atomic E-state index is 13.9. The summed E-state index contributed by atoms with van der Waals surface area (Å²) >= 11 is 0. The number of aliphatic hydroxyl groups is 2. The van der Waals surface area contributed by atoms with Gasteiger partial charge in [-0.15, -0.1) is 0 Å². The molecule has 14 heteroatoms. The maximum Gasteiger partial charge on any atom is 0.420 e. The highest BCUT2D eigenvalue weighted by molar-refractivity contribution is 7.91. The van der Waals surface area contributed by atoms with Gasteiger partial charge >= 0.3 is 6.18 Å². The first kappa shape index (κ1) is 32.0. The standard InChI is InChI=1S/C27H33F3N4O6S/c1-6-19-23(24(37)32-20(15-36)16-8-10-18(11-9-16)41(38,39)7-2)33-34(26(3,4)5)25(19)40-21-13-31-12-17(14-35)22(21)27(28,29)30/h8-13,20,35-36H,6-7,14-15H2,1-5H3,(H,32,37). The van der Waals surface area contributed by atoms with Crippen LogP contribution in [-0.4, -0.2) is 51.7 Å². The van der Waals surface area contributed by atoms with Gasteiger partial charge in [0.1, 0.15) is 5.56 Å². The summed E-state index contributed by atoms with van der Waals surface area (Å²) in [4.78, 5) is 17.3. The van der Waals surface area contributed by atoms with Crippen LogP contribution < -0.4 is 10.1 Å². The van der Waals surface area contributed by atoms with E-state index in [1.165, 1.54) is 35.9 Å². The smallest absolute Gasteiger partial charge is 0.420 e. The number of alkyl halides is 3. The van der Waals surface area contributed by atoms with Gasteiger partial charge in [-0.05, 0) is 44.9 Å². The van der Waals surface area contributed by atoms with Gasteiger partial charge in [0.25, 0.3) is 5.91 Å². The molecular weight excluding hydrogens is 565 g/mol. The Kier molecular flexibility index (Phi) is 9.51. The number of aromatic nitrogens is 3. The van der Waals surface area contributed by atoms with Crippen molar-refractivity contribution in [2.24, 2.45) is 0 Å². The fourth-order valence-corrected chi connectivity index (χ4v) is 5.02. The number of hydrogen-bond donors (Lipinski definition) is 3. The predicted molar refractivity (Wildman–Crippen MR) is 143 cm³/mol. The number of ether oxygens (including phenoxy) is 1. The van der Waals surface area contributed by atoms with Crippen LogP contribution in [0.3, 0.4) is 0 Å². The number of sulfone groups is 1. The van der Waals surface area contributed by atoms with Gasteiger partial charge in [-0.2, -0.15) is 18.3 Å². The second-order valence-corrected chi connectivity index (χ2v) is 12.5. The molecule has 0 saturated carbocycles.